The van der Waals surface area contributed by atoms with E-state index in [1.54, 1.807) is 0 Å². The lowest BCUT2D eigenvalue weighted by atomic mass is 9.86. The summed E-state index contributed by atoms with van der Waals surface area (Å²) < 4.78 is 0. The molecule has 1 aliphatic carbocycles. The van der Waals surface area contributed by atoms with E-state index in [4.69, 9.17) is 16.7 Å². The van der Waals surface area contributed by atoms with Gasteiger partial charge in [-0.3, -0.25) is 0 Å². The summed E-state index contributed by atoms with van der Waals surface area (Å²) in [5.41, 5.74) is 0.787. The molecule has 0 heterocycles. The predicted octanol–water partition coefficient (Wildman–Crippen LogP) is 2.03. The highest BCUT2D eigenvalue weighted by molar-refractivity contribution is 6.23. The molecule has 0 unspecified atom stereocenters. The first-order chi connectivity index (χ1) is 5.29. The molecule has 0 bridgehead atoms. The maximum Gasteiger partial charge on any atom is 0.124 e. The maximum absolute atomic E-state index is 10.4. The Hall–Kier alpha value is -0.500. The largest absolute Gasteiger partial charge is 0.516 e. The number of hydrogen-bond donors (Lipinski definition) is 1. The number of carbonyl (C=O) groups is 1. The Labute approximate surface area is 70.9 Å². The van der Waals surface area contributed by atoms with Gasteiger partial charge in [-0.2, -0.15) is 0 Å². The molecule has 0 amide bonds. The van der Waals surface area contributed by atoms with E-state index in [1.165, 1.54) is 0 Å². The molecule has 0 aliphatic heterocycles. The molecule has 62 valence electrons. The van der Waals surface area contributed by atoms with Gasteiger partial charge in [-0.1, -0.05) is 0 Å². The minimum Gasteiger partial charge on any atom is -0.516 e. The quantitative estimate of drug-likeness (QED) is 0.375. The molecular weight excluding hydrogens is 164 g/mol. The van der Waals surface area contributed by atoms with Gasteiger partial charge >= 0.3 is 0 Å². The van der Waals surface area contributed by atoms with Crippen LogP contribution < -0.4 is 0 Å². The van der Waals surface area contributed by atoms with Crippen LogP contribution in [0.4, 0.5) is 0 Å². The molecule has 1 rings (SSSR count). The predicted molar refractivity (Wildman–Crippen MR) is 43.8 cm³/mol. The second kappa shape index (κ2) is 3.77. The van der Waals surface area contributed by atoms with Gasteiger partial charge in [0.2, 0.25) is 0 Å². The summed E-state index contributed by atoms with van der Waals surface area (Å²) in [4.78, 5) is 10.4. The molecule has 2 nitrogen and oxygen atoms in total. The van der Waals surface area contributed by atoms with Crippen LogP contribution in [0.3, 0.4) is 0 Å². The first-order valence-electron chi connectivity index (χ1n) is 3.72. The zero-order valence-electron chi connectivity index (χ0n) is 6.16. The average molecular weight is 175 g/mol. The number of carbonyl (C=O) groups excluding carboxylic acids is 1. The lowest BCUT2D eigenvalue weighted by Gasteiger charge is -2.24. The SMILES string of the molecule is O=C[C@@H]1CCC/C(=C\O)[C@@H]1Cl. The Morgan fingerprint density at radius 3 is 2.91 bits per heavy atom. The lowest BCUT2D eigenvalue weighted by molar-refractivity contribution is -0.111. The Bertz CT molecular complexity index is 177. The van der Waals surface area contributed by atoms with Gasteiger partial charge in [-0.25, -0.2) is 0 Å². The van der Waals surface area contributed by atoms with Crippen LogP contribution in [0.1, 0.15) is 19.3 Å². The maximum atomic E-state index is 10.4. The van der Waals surface area contributed by atoms with Gasteiger partial charge in [0.15, 0.2) is 0 Å². The Morgan fingerprint density at radius 2 is 2.36 bits per heavy atom. The average Bonchev–Trinajstić information content (AvgIpc) is 2.05. The van der Waals surface area contributed by atoms with Crippen LogP contribution in [0, 0.1) is 5.92 Å². The topological polar surface area (TPSA) is 37.3 Å². The lowest BCUT2D eigenvalue weighted by Crippen LogP contribution is -2.23. The molecule has 3 heteroatoms. The summed E-state index contributed by atoms with van der Waals surface area (Å²) in [6.07, 6.45) is 4.51. The minimum absolute atomic E-state index is 0.108. The zero-order chi connectivity index (χ0) is 8.27. The van der Waals surface area contributed by atoms with Crippen molar-refractivity contribution in [2.45, 2.75) is 24.6 Å². The van der Waals surface area contributed by atoms with E-state index >= 15 is 0 Å². The number of aldehydes is 1. The monoisotopic (exact) mass is 174 g/mol. The summed E-state index contributed by atoms with van der Waals surface area (Å²) in [6.45, 7) is 0. The van der Waals surface area contributed by atoms with Crippen LogP contribution in [0.15, 0.2) is 11.8 Å². The number of aliphatic hydroxyl groups excluding tert-OH is 1. The van der Waals surface area contributed by atoms with Crippen molar-refractivity contribution in [3.05, 3.63) is 11.8 Å². The molecule has 1 N–H and O–H groups in total. The van der Waals surface area contributed by atoms with E-state index in [9.17, 15) is 4.79 Å². The molecule has 11 heavy (non-hydrogen) atoms. The summed E-state index contributed by atoms with van der Waals surface area (Å²) in [5.74, 6) is -0.108. The van der Waals surface area contributed by atoms with Gasteiger partial charge in [-0.05, 0) is 24.8 Å². The summed E-state index contributed by atoms with van der Waals surface area (Å²) in [6, 6.07) is 0. The highest BCUT2D eigenvalue weighted by Gasteiger charge is 2.26. The molecule has 0 spiro atoms. The van der Waals surface area contributed by atoms with E-state index in [-0.39, 0.29) is 11.3 Å². The van der Waals surface area contributed by atoms with Gasteiger partial charge in [0.05, 0.1) is 11.6 Å². The zero-order valence-corrected chi connectivity index (χ0v) is 6.92. The van der Waals surface area contributed by atoms with Crippen LogP contribution >= 0.6 is 11.6 Å². The van der Waals surface area contributed by atoms with Crippen LogP contribution in [0.25, 0.3) is 0 Å². The second-order valence-corrected chi connectivity index (χ2v) is 3.27. The highest BCUT2D eigenvalue weighted by atomic mass is 35.5. The summed E-state index contributed by atoms with van der Waals surface area (Å²) >= 11 is 5.89. The van der Waals surface area contributed by atoms with Crippen molar-refractivity contribution in [1.29, 1.82) is 0 Å². The van der Waals surface area contributed by atoms with Crippen molar-refractivity contribution in [2.24, 2.45) is 5.92 Å². The normalized spacial score (nSPS) is 35.5. The van der Waals surface area contributed by atoms with Gasteiger partial charge < -0.3 is 9.90 Å². The number of aliphatic hydroxyl groups is 1. The Kier molecular flexibility index (Phi) is 2.94. The first kappa shape index (κ1) is 8.60. The van der Waals surface area contributed by atoms with E-state index < -0.39 is 0 Å². The van der Waals surface area contributed by atoms with Gasteiger partial charge in [0.25, 0.3) is 0 Å². The fourth-order valence-corrected chi connectivity index (χ4v) is 1.72. The van der Waals surface area contributed by atoms with E-state index in [2.05, 4.69) is 0 Å². The third kappa shape index (κ3) is 1.74. The molecule has 1 saturated carbocycles. The molecule has 1 fully saturated rings. The molecule has 0 aromatic heterocycles. The van der Waals surface area contributed by atoms with Crippen molar-refractivity contribution in [3.8, 4) is 0 Å². The van der Waals surface area contributed by atoms with E-state index in [0.29, 0.717) is 0 Å². The van der Waals surface area contributed by atoms with Crippen molar-refractivity contribution >= 4 is 17.9 Å². The molecule has 0 radical (unpaired) electrons. The van der Waals surface area contributed by atoms with Crippen LogP contribution in [0.2, 0.25) is 0 Å². The highest BCUT2D eigenvalue weighted by Crippen LogP contribution is 2.31. The second-order valence-electron chi connectivity index (χ2n) is 2.80. The molecule has 0 aromatic rings. The molecule has 0 saturated heterocycles. The van der Waals surface area contributed by atoms with E-state index in [0.717, 1.165) is 37.4 Å². The summed E-state index contributed by atoms with van der Waals surface area (Å²) in [7, 11) is 0. The fraction of sp³-hybridized carbons (Fsp3) is 0.625. The molecule has 2 atom stereocenters. The fourth-order valence-electron chi connectivity index (χ4n) is 1.37. The number of hydrogen-bond acceptors (Lipinski definition) is 2. The number of allylic oxidation sites excluding steroid dienone is 1. The van der Waals surface area contributed by atoms with Crippen molar-refractivity contribution in [1.82, 2.24) is 0 Å². The third-order valence-electron chi connectivity index (χ3n) is 2.07. The van der Waals surface area contributed by atoms with Crippen molar-refractivity contribution in [2.75, 3.05) is 0 Å². The van der Waals surface area contributed by atoms with Crippen molar-refractivity contribution in [3.63, 3.8) is 0 Å². The standard InChI is InChI=1S/C8H11ClO2/c9-8-6(4-10)2-1-3-7(8)5-11/h4-6,8,11H,1-3H2/b7-5+/t6-,8+/m0/s1. The molecule has 1 aliphatic rings. The van der Waals surface area contributed by atoms with Gasteiger partial charge in [0.1, 0.15) is 6.29 Å². The third-order valence-corrected chi connectivity index (χ3v) is 2.68. The number of alkyl halides is 1. The van der Waals surface area contributed by atoms with Gasteiger partial charge in [0, 0.05) is 5.92 Å². The minimum atomic E-state index is -0.286. The van der Waals surface area contributed by atoms with Gasteiger partial charge in [-0.15, -0.1) is 11.6 Å². The Morgan fingerprint density at radius 1 is 1.64 bits per heavy atom. The van der Waals surface area contributed by atoms with E-state index in [1.807, 2.05) is 0 Å². The summed E-state index contributed by atoms with van der Waals surface area (Å²) in [5, 5.41) is 8.43. The number of halogens is 1. The molecule has 0 aromatic carbocycles. The smallest absolute Gasteiger partial charge is 0.124 e. The van der Waals surface area contributed by atoms with Crippen molar-refractivity contribution < 1.29 is 9.90 Å². The first-order valence-corrected chi connectivity index (χ1v) is 4.15. The Balaban J connectivity index is 2.66. The van der Waals surface area contributed by atoms with Crippen LogP contribution in [0.5, 0.6) is 0 Å². The number of rotatable bonds is 1. The van der Waals surface area contributed by atoms with Crippen LogP contribution in [-0.4, -0.2) is 16.8 Å². The molecular formula is C8H11ClO2. The van der Waals surface area contributed by atoms with Crippen LogP contribution in [-0.2, 0) is 4.79 Å².